The predicted molar refractivity (Wildman–Crippen MR) is 110 cm³/mol. The zero-order chi connectivity index (χ0) is 20.2. The zero-order valence-electron chi connectivity index (χ0n) is 15.7. The fraction of sp³-hybridized carbons (Fsp3) is 0.238. The molecule has 0 bridgehead atoms. The maximum absolute atomic E-state index is 12.7. The van der Waals surface area contributed by atoms with Crippen LogP contribution in [0, 0.1) is 5.41 Å². The Morgan fingerprint density at radius 3 is 2.72 bits per heavy atom. The summed E-state index contributed by atoms with van der Waals surface area (Å²) >= 11 is 0. The summed E-state index contributed by atoms with van der Waals surface area (Å²) in [5, 5.41) is 10.8. The average molecular weight is 391 g/mol. The Hall–Kier alpha value is -3.52. The Bertz CT molecular complexity index is 981. The molecule has 8 heteroatoms. The maximum atomic E-state index is 12.7. The molecule has 0 aliphatic carbocycles. The van der Waals surface area contributed by atoms with Gasteiger partial charge >= 0.3 is 0 Å². The third-order valence-electron chi connectivity index (χ3n) is 4.66. The third kappa shape index (κ3) is 4.17. The second-order valence-electron chi connectivity index (χ2n) is 6.69. The van der Waals surface area contributed by atoms with Gasteiger partial charge in [0, 0.05) is 17.7 Å². The lowest BCUT2D eigenvalue weighted by molar-refractivity contribution is -0.117. The van der Waals surface area contributed by atoms with Crippen LogP contribution < -0.4 is 11.1 Å². The number of hydrogen-bond acceptors (Lipinski definition) is 6. The molecule has 4 rings (SSSR count). The second-order valence-corrected chi connectivity index (χ2v) is 6.69. The van der Waals surface area contributed by atoms with Crippen LogP contribution in [0.2, 0.25) is 0 Å². The number of para-hydroxylation sites is 1. The highest BCUT2D eigenvalue weighted by atomic mass is 16.6. The van der Waals surface area contributed by atoms with Gasteiger partial charge in [0.1, 0.15) is 6.10 Å². The van der Waals surface area contributed by atoms with Crippen molar-refractivity contribution < 1.29 is 14.3 Å². The summed E-state index contributed by atoms with van der Waals surface area (Å²) in [6.07, 6.45) is -0.0161. The first-order valence-corrected chi connectivity index (χ1v) is 9.36. The Balaban J connectivity index is 1.66. The standard InChI is InChI=1S/C21H21N5O3/c22-18(16-11-6-12-28-16)29-21(23)26-19-20(27)24-15-10-5-4-9-14(15)17(25-19)13-7-2-1-3-8-13/h1-5,7-10,16,19,22H,6,11-12H2,(H2,23,26)(H,24,27)/t16-,19?/m0/s1. The van der Waals surface area contributed by atoms with Crippen molar-refractivity contribution in [2.45, 2.75) is 25.1 Å². The van der Waals surface area contributed by atoms with E-state index in [2.05, 4.69) is 15.3 Å². The van der Waals surface area contributed by atoms with Gasteiger partial charge in [-0.2, -0.15) is 4.99 Å². The number of carbonyl (C=O) groups excluding carboxylic acids is 1. The smallest absolute Gasteiger partial charge is 0.291 e. The van der Waals surface area contributed by atoms with Crippen LogP contribution in [0.5, 0.6) is 0 Å². The number of amides is 1. The summed E-state index contributed by atoms with van der Waals surface area (Å²) in [6.45, 7) is 0.585. The SMILES string of the molecule is N=C(OC(N)=NC1N=C(c2ccccc2)c2ccccc2NC1=O)[C@@H]1CCCO1. The minimum atomic E-state index is -1.14. The molecule has 2 aliphatic heterocycles. The topological polar surface area (TPSA) is 122 Å². The van der Waals surface area contributed by atoms with Crippen LogP contribution in [0.25, 0.3) is 0 Å². The van der Waals surface area contributed by atoms with Crippen LogP contribution in [-0.4, -0.2) is 42.4 Å². The summed E-state index contributed by atoms with van der Waals surface area (Å²) in [7, 11) is 0. The number of fused-ring (bicyclic) bond motifs is 1. The molecule has 1 saturated heterocycles. The first kappa shape index (κ1) is 18.8. The number of benzene rings is 2. The van der Waals surface area contributed by atoms with Crippen molar-refractivity contribution in [1.29, 1.82) is 5.41 Å². The van der Waals surface area contributed by atoms with Crippen molar-refractivity contribution in [3.05, 3.63) is 65.7 Å². The molecule has 1 fully saturated rings. The number of carbonyl (C=O) groups is 1. The van der Waals surface area contributed by atoms with Crippen LogP contribution in [0.3, 0.4) is 0 Å². The van der Waals surface area contributed by atoms with Crippen LogP contribution in [0.15, 0.2) is 64.6 Å². The lowest BCUT2D eigenvalue weighted by Crippen LogP contribution is -2.32. The summed E-state index contributed by atoms with van der Waals surface area (Å²) in [6, 6.07) is 16.7. The lowest BCUT2D eigenvalue weighted by atomic mass is 10.0. The average Bonchev–Trinajstić information content (AvgIpc) is 3.23. The number of nitrogens with zero attached hydrogens (tertiary/aromatic N) is 2. The van der Waals surface area contributed by atoms with E-state index in [1.807, 2.05) is 54.6 Å². The van der Waals surface area contributed by atoms with Gasteiger partial charge in [0.05, 0.1) is 11.4 Å². The molecule has 0 saturated carbocycles. The summed E-state index contributed by atoms with van der Waals surface area (Å²) in [5.74, 6) is -0.549. The molecule has 148 valence electrons. The van der Waals surface area contributed by atoms with Gasteiger partial charge in [0.15, 0.2) is 0 Å². The summed E-state index contributed by atoms with van der Waals surface area (Å²) in [5.41, 5.74) is 8.76. The molecule has 2 aliphatic rings. The number of nitrogens with two attached hydrogens (primary N) is 1. The molecular formula is C21H21N5O3. The molecule has 2 aromatic carbocycles. The van der Waals surface area contributed by atoms with E-state index in [9.17, 15) is 4.79 Å². The van der Waals surface area contributed by atoms with Crippen molar-refractivity contribution in [2.75, 3.05) is 11.9 Å². The van der Waals surface area contributed by atoms with E-state index in [-0.39, 0.29) is 11.9 Å². The molecule has 0 spiro atoms. The van der Waals surface area contributed by atoms with Gasteiger partial charge in [0.2, 0.25) is 12.1 Å². The minimum Gasteiger partial charge on any atom is -0.409 e. The Morgan fingerprint density at radius 2 is 1.97 bits per heavy atom. The fourth-order valence-corrected chi connectivity index (χ4v) is 3.27. The molecule has 0 radical (unpaired) electrons. The van der Waals surface area contributed by atoms with Crippen molar-refractivity contribution in [3.63, 3.8) is 0 Å². The molecule has 4 N–H and O–H groups in total. The number of amidine groups is 1. The quantitative estimate of drug-likeness (QED) is 0.549. The summed E-state index contributed by atoms with van der Waals surface area (Å²) < 4.78 is 10.7. The van der Waals surface area contributed by atoms with Gasteiger partial charge in [0.25, 0.3) is 11.9 Å². The Labute approximate surface area is 168 Å². The molecule has 0 aromatic heterocycles. The number of aliphatic imine (C=N–C) groups is 2. The van der Waals surface area contributed by atoms with Gasteiger partial charge in [-0.15, -0.1) is 0 Å². The molecule has 1 unspecified atom stereocenters. The van der Waals surface area contributed by atoms with Gasteiger partial charge < -0.3 is 20.5 Å². The number of anilines is 1. The number of ether oxygens (including phenoxy) is 2. The van der Waals surface area contributed by atoms with E-state index in [1.54, 1.807) is 0 Å². The minimum absolute atomic E-state index is 0.117. The van der Waals surface area contributed by atoms with Gasteiger partial charge in [-0.25, -0.2) is 4.99 Å². The van der Waals surface area contributed by atoms with Gasteiger partial charge in [-0.05, 0) is 18.9 Å². The van der Waals surface area contributed by atoms with Crippen LogP contribution >= 0.6 is 0 Å². The Morgan fingerprint density at radius 1 is 1.21 bits per heavy atom. The van der Waals surface area contributed by atoms with Crippen LogP contribution in [-0.2, 0) is 14.3 Å². The molecule has 8 nitrogen and oxygen atoms in total. The Kier molecular flexibility index (Phi) is 5.35. The largest absolute Gasteiger partial charge is 0.409 e. The van der Waals surface area contributed by atoms with Gasteiger partial charge in [-0.1, -0.05) is 48.5 Å². The number of rotatable bonds is 3. The fourth-order valence-electron chi connectivity index (χ4n) is 3.27. The maximum Gasteiger partial charge on any atom is 0.291 e. The van der Waals surface area contributed by atoms with Crippen LogP contribution in [0.4, 0.5) is 5.69 Å². The highest BCUT2D eigenvalue weighted by Gasteiger charge is 2.27. The van der Waals surface area contributed by atoms with E-state index in [4.69, 9.17) is 20.6 Å². The normalized spacial score (nSPS) is 21.6. The second kappa shape index (κ2) is 8.24. The van der Waals surface area contributed by atoms with Gasteiger partial charge in [-0.3, -0.25) is 10.2 Å². The number of nitrogens with one attached hydrogen (secondary N) is 2. The van der Waals surface area contributed by atoms with Crippen molar-refractivity contribution in [3.8, 4) is 0 Å². The van der Waals surface area contributed by atoms with Crippen molar-refractivity contribution in [1.82, 2.24) is 0 Å². The van der Waals surface area contributed by atoms with E-state index in [1.165, 1.54) is 0 Å². The zero-order valence-corrected chi connectivity index (χ0v) is 15.7. The highest BCUT2D eigenvalue weighted by molar-refractivity contribution is 6.19. The lowest BCUT2D eigenvalue weighted by Gasteiger charge is -2.12. The summed E-state index contributed by atoms with van der Waals surface area (Å²) in [4.78, 5) is 21.4. The first-order chi connectivity index (χ1) is 14.1. The molecule has 29 heavy (non-hydrogen) atoms. The van der Waals surface area contributed by atoms with Crippen LogP contribution in [0.1, 0.15) is 24.0 Å². The molecular weight excluding hydrogens is 370 g/mol. The van der Waals surface area contributed by atoms with E-state index >= 15 is 0 Å². The molecule has 1 amide bonds. The van der Waals surface area contributed by atoms with E-state index in [0.717, 1.165) is 17.5 Å². The molecule has 2 aromatic rings. The number of benzodiazepines with no additional fused rings is 1. The number of hydrogen-bond donors (Lipinski definition) is 3. The predicted octanol–water partition coefficient (Wildman–Crippen LogP) is 2.29. The molecule has 2 heterocycles. The van der Waals surface area contributed by atoms with E-state index in [0.29, 0.717) is 24.4 Å². The first-order valence-electron chi connectivity index (χ1n) is 9.36. The molecule has 2 atom stereocenters. The van der Waals surface area contributed by atoms with Crippen molar-refractivity contribution >= 4 is 29.2 Å². The van der Waals surface area contributed by atoms with E-state index < -0.39 is 18.2 Å². The highest BCUT2D eigenvalue weighted by Crippen LogP contribution is 2.24. The monoisotopic (exact) mass is 391 g/mol. The van der Waals surface area contributed by atoms with Crippen molar-refractivity contribution in [2.24, 2.45) is 15.7 Å². The third-order valence-corrected chi connectivity index (χ3v) is 4.66.